The number of carbonyl (C=O) groups is 1. The Kier molecular flexibility index (Phi) is 5.37. The van der Waals surface area contributed by atoms with Crippen LogP contribution in [0.5, 0.6) is 0 Å². The van der Waals surface area contributed by atoms with Gasteiger partial charge in [0.15, 0.2) is 5.69 Å². The number of nitrogens with zero attached hydrogens (tertiary/aromatic N) is 2. The first-order valence-electron chi connectivity index (χ1n) is 9.18. The molecule has 3 aromatic rings. The standard InChI is InChI=1S/C21H17F3IN3O/c22-21(23,24)19-17-3-1-2-4-18(17)28(27-19)16-11-5-13(6-12-16)20(29)26-15-9-7-14(25)8-10-15/h5-12H,1-4H2,(H,26,29). The number of hydrogen-bond acceptors (Lipinski definition) is 2. The molecule has 0 fully saturated rings. The second-order valence-corrected chi connectivity index (χ2v) is 8.14. The number of alkyl halides is 3. The van der Waals surface area contributed by atoms with Crippen molar-refractivity contribution >= 4 is 34.2 Å². The third-order valence-electron chi connectivity index (χ3n) is 4.92. The maximum atomic E-state index is 13.4. The number of halogens is 4. The Morgan fingerprint density at radius 3 is 2.31 bits per heavy atom. The van der Waals surface area contributed by atoms with Gasteiger partial charge in [-0.3, -0.25) is 4.79 Å². The van der Waals surface area contributed by atoms with E-state index in [2.05, 4.69) is 33.0 Å². The molecule has 8 heteroatoms. The van der Waals surface area contributed by atoms with Crippen LogP contribution in [0.25, 0.3) is 5.69 Å². The molecule has 0 saturated carbocycles. The van der Waals surface area contributed by atoms with Crippen molar-refractivity contribution in [3.63, 3.8) is 0 Å². The molecule has 0 unspecified atom stereocenters. The van der Waals surface area contributed by atoms with E-state index in [1.54, 1.807) is 24.3 Å². The fraction of sp³-hybridized carbons (Fsp3) is 0.238. The normalized spacial score (nSPS) is 13.8. The van der Waals surface area contributed by atoms with E-state index in [-0.39, 0.29) is 5.91 Å². The Morgan fingerprint density at radius 2 is 1.66 bits per heavy atom. The number of benzene rings is 2. The van der Waals surface area contributed by atoms with E-state index in [9.17, 15) is 18.0 Å². The minimum Gasteiger partial charge on any atom is -0.322 e. The molecule has 0 spiro atoms. The fourth-order valence-corrected chi connectivity index (χ4v) is 3.89. The summed E-state index contributed by atoms with van der Waals surface area (Å²) in [5, 5.41) is 6.68. The van der Waals surface area contributed by atoms with Crippen molar-refractivity contribution in [3.8, 4) is 5.69 Å². The lowest BCUT2D eigenvalue weighted by atomic mass is 9.95. The number of rotatable bonds is 3. The molecular formula is C21H17F3IN3O. The lowest BCUT2D eigenvalue weighted by molar-refractivity contribution is -0.142. The number of amides is 1. The average Bonchev–Trinajstić information content (AvgIpc) is 3.10. The Morgan fingerprint density at radius 1 is 1.00 bits per heavy atom. The molecule has 1 aliphatic rings. The minimum absolute atomic E-state index is 0.281. The first-order valence-corrected chi connectivity index (χ1v) is 10.3. The van der Waals surface area contributed by atoms with Crippen LogP contribution < -0.4 is 5.32 Å². The number of carbonyl (C=O) groups excluding carboxylic acids is 1. The Hall–Kier alpha value is -2.36. The highest BCUT2D eigenvalue weighted by atomic mass is 127. The molecule has 4 nitrogen and oxygen atoms in total. The molecule has 1 aromatic heterocycles. The molecule has 0 radical (unpaired) electrons. The third-order valence-corrected chi connectivity index (χ3v) is 5.64. The maximum Gasteiger partial charge on any atom is 0.435 e. The second kappa shape index (κ2) is 7.81. The lowest BCUT2D eigenvalue weighted by Gasteiger charge is -2.15. The van der Waals surface area contributed by atoms with Crippen LogP contribution >= 0.6 is 22.6 Å². The van der Waals surface area contributed by atoms with Crippen LogP contribution in [0.4, 0.5) is 18.9 Å². The van der Waals surface area contributed by atoms with Crippen LogP contribution in [-0.2, 0) is 19.0 Å². The van der Waals surface area contributed by atoms with Gasteiger partial charge in [-0.05, 0) is 96.8 Å². The first kappa shape index (κ1) is 19.9. The Labute approximate surface area is 179 Å². The SMILES string of the molecule is O=C(Nc1ccc(I)cc1)c1ccc(-n2nc(C(F)(F)F)c3c2CCCC3)cc1. The quantitative estimate of drug-likeness (QED) is 0.464. The van der Waals surface area contributed by atoms with Gasteiger partial charge in [-0.2, -0.15) is 18.3 Å². The number of aromatic nitrogens is 2. The highest BCUT2D eigenvalue weighted by molar-refractivity contribution is 14.1. The number of hydrogen-bond donors (Lipinski definition) is 1. The summed E-state index contributed by atoms with van der Waals surface area (Å²) >= 11 is 2.18. The van der Waals surface area contributed by atoms with E-state index in [1.165, 1.54) is 4.68 Å². The topological polar surface area (TPSA) is 46.9 Å². The molecule has 150 valence electrons. The molecule has 2 aromatic carbocycles. The van der Waals surface area contributed by atoms with Gasteiger partial charge in [0, 0.05) is 26.1 Å². The number of nitrogens with one attached hydrogen (secondary N) is 1. The molecule has 29 heavy (non-hydrogen) atoms. The van der Waals surface area contributed by atoms with Crippen LogP contribution in [-0.4, -0.2) is 15.7 Å². The molecule has 1 heterocycles. The predicted octanol–water partition coefficient (Wildman–Crippen LogP) is 5.63. The molecule has 0 saturated heterocycles. The van der Waals surface area contributed by atoms with Crippen molar-refractivity contribution in [2.75, 3.05) is 5.32 Å². The largest absolute Gasteiger partial charge is 0.435 e. The van der Waals surface area contributed by atoms with Crippen molar-refractivity contribution < 1.29 is 18.0 Å². The monoisotopic (exact) mass is 511 g/mol. The predicted molar refractivity (Wildman–Crippen MR) is 112 cm³/mol. The van der Waals surface area contributed by atoms with Crippen LogP contribution in [0.15, 0.2) is 48.5 Å². The van der Waals surface area contributed by atoms with Crippen LogP contribution in [0.2, 0.25) is 0 Å². The highest BCUT2D eigenvalue weighted by Gasteiger charge is 2.39. The van der Waals surface area contributed by atoms with Gasteiger partial charge in [-0.1, -0.05) is 0 Å². The summed E-state index contributed by atoms with van der Waals surface area (Å²) in [5.74, 6) is -0.281. The summed E-state index contributed by atoms with van der Waals surface area (Å²) in [5.41, 5.74) is 1.72. The van der Waals surface area contributed by atoms with Gasteiger partial charge < -0.3 is 5.32 Å². The van der Waals surface area contributed by atoms with Crippen molar-refractivity contribution in [2.24, 2.45) is 0 Å². The van der Waals surface area contributed by atoms with E-state index >= 15 is 0 Å². The first-order chi connectivity index (χ1) is 13.8. The zero-order valence-electron chi connectivity index (χ0n) is 15.3. The molecule has 1 aliphatic carbocycles. The zero-order chi connectivity index (χ0) is 20.6. The van der Waals surface area contributed by atoms with E-state index in [0.717, 1.165) is 16.4 Å². The van der Waals surface area contributed by atoms with Gasteiger partial charge in [0.1, 0.15) is 0 Å². The molecule has 0 aliphatic heterocycles. The van der Waals surface area contributed by atoms with Gasteiger partial charge in [-0.25, -0.2) is 4.68 Å². The van der Waals surface area contributed by atoms with Gasteiger partial charge in [-0.15, -0.1) is 0 Å². The van der Waals surface area contributed by atoms with Crippen LogP contribution in [0.3, 0.4) is 0 Å². The minimum atomic E-state index is -4.47. The van der Waals surface area contributed by atoms with Crippen LogP contribution in [0, 0.1) is 3.57 Å². The van der Waals surface area contributed by atoms with E-state index in [0.29, 0.717) is 41.0 Å². The van der Waals surface area contributed by atoms with Crippen molar-refractivity contribution in [1.82, 2.24) is 9.78 Å². The summed E-state index contributed by atoms with van der Waals surface area (Å²) in [6.07, 6.45) is -1.94. The average molecular weight is 511 g/mol. The molecule has 1 amide bonds. The lowest BCUT2D eigenvalue weighted by Crippen LogP contribution is -2.12. The summed E-state index contributed by atoms with van der Waals surface area (Å²) in [6.45, 7) is 0. The molecule has 4 rings (SSSR count). The highest BCUT2D eigenvalue weighted by Crippen LogP contribution is 2.36. The zero-order valence-corrected chi connectivity index (χ0v) is 17.4. The van der Waals surface area contributed by atoms with Gasteiger partial charge in [0.05, 0.1) is 5.69 Å². The van der Waals surface area contributed by atoms with Gasteiger partial charge in [0.2, 0.25) is 0 Å². The number of fused-ring (bicyclic) bond motifs is 1. The molecule has 0 bridgehead atoms. The summed E-state index contributed by atoms with van der Waals surface area (Å²) in [4.78, 5) is 12.4. The van der Waals surface area contributed by atoms with Gasteiger partial charge >= 0.3 is 6.18 Å². The summed E-state index contributed by atoms with van der Waals surface area (Å²) in [7, 11) is 0. The Balaban J connectivity index is 1.60. The third kappa shape index (κ3) is 4.17. The second-order valence-electron chi connectivity index (χ2n) is 6.90. The molecule has 1 N–H and O–H groups in total. The Bertz CT molecular complexity index is 1040. The van der Waals surface area contributed by atoms with Gasteiger partial charge in [0.25, 0.3) is 5.91 Å². The van der Waals surface area contributed by atoms with E-state index < -0.39 is 11.9 Å². The van der Waals surface area contributed by atoms with Crippen LogP contribution in [0.1, 0.15) is 40.2 Å². The van der Waals surface area contributed by atoms with E-state index in [1.807, 2.05) is 24.3 Å². The number of anilines is 1. The van der Waals surface area contributed by atoms with E-state index in [4.69, 9.17) is 0 Å². The van der Waals surface area contributed by atoms with Crippen molar-refractivity contribution in [3.05, 3.63) is 74.6 Å². The molecular weight excluding hydrogens is 494 g/mol. The smallest absolute Gasteiger partial charge is 0.322 e. The van der Waals surface area contributed by atoms with Crippen molar-refractivity contribution in [1.29, 1.82) is 0 Å². The molecule has 0 atom stereocenters. The summed E-state index contributed by atoms with van der Waals surface area (Å²) < 4.78 is 42.6. The van der Waals surface area contributed by atoms with Crippen molar-refractivity contribution in [2.45, 2.75) is 31.9 Å². The summed E-state index contributed by atoms with van der Waals surface area (Å²) in [6, 6.07) is 13.8. The fourth-order valence-electron chi connectivity index (χ4n) is 3.53. The maximum absolute atomic E-state index is 13.4.